The van der Waals surface area contributed by atoms with Crippen molar-refractivity contribution >= 4 is 22.8 Å². The van der Waals surface area contributed by atoms with Gasteiger partial charge in [-0.05, 0) is 56.5 Å². The molecule has 6 nitrogen and oxygen atoms in total. The molecule has 4 aromatic rings. The Bertz CT molecular complexity index is 1280. The number of carbonyl (C=O) groups excluding carboxylic acids is 2. The van der Waals surface area contributed by atoms with Crippen LogP contribution in [0.5, 0.6) is 0 Å². The summed E-state index contributed by atoms with van der Waals surface area (Å²) >= 11 is 0. The lowest BCUT2D eigenvalue weighted by Gasteiger charge is -2.18. The molecule has 2 atom stereocenters. The Hall–Kier alpha value is -4.06. The van der Waals surface area contributed by atoms with Gasteiger partial charge in [-0.2, -0.15) is 0 Å². The molecule has 4 rings (SSSR count). The van der Waals surface area contributed by atoms with Crippen LogP contribution in [0.2, 0.25) is 0 Å². The Morgan fingerprint density at radius 1 is 0.912 bits per heavy atom. The van der Waals surface area contributed by atoms with Crippen LogP contribution in [0, 0.1) is 0 Å². The quantitative estimate of drug-likeness (QED) is 0.381. The van der Waals surface area contributed by atoms with Crippen LogP contribution in [0.4, 0.5) is 0 Å². The third-order valence-corrected chi connectivity index (χ3v) is 5.61. The Morgan fingerprint density at radius 2 is 1.65 bits per heavy atom. The average molecular weight is 454 g/mol. The molecule has 0 saturated carbocycles. The third kappa shape index (κ3) is 5.64. The fraction of sp³-hybridized carbons (Fsp3) is 0.214. The van der Waals surface area contributed by atoms with Crippen molar-refractivity contribution in [1.82, 2.24) is 15.3 Å². The molecule has 0 bridgehead atoms. The number of rotatable bonds is 8. The van der Waals surface area contributed by atoms with E-state index in [1.165, 1.54) is 5.56 Å². The van der Waals surface area contributed by atoms with E-state index in [1.807, 2.05) is 67.6 Å². The number of fused-ring (bicyclic) bond motifs is 1. The molecule has 0 spiro atoms. The van der Waals surface area contributed by atoms with Gasteiger partial charge >= 0.3 is 5.97 Å². The van der Waals surface area contributed by atoms with Crippen molar-refractivity contribution < 1.29 is 14.3 Å². The lowest BCUT2D eigenvalue weighted by molar-refractivity contribution is -0.129. The summed E-state index contributed by atoms with van der Waals surface area (Å²) in [6.45, 7) is 3.53. The van der Waals surface area contributed by atoms with Gasteiger partial charge in [0.25, 0.3) is 5.91 Å². The van der Waals surface area contributed by atoms with Gasteiger partial charge < -0.3 is 10.1 Å². The van der Waals surface area contributed by atoms with Gasteiger partial charge in [0.15, 0.2) is 6.10 Å². The van der Waals surface area contributed by atoms with E-state index in [1.54, 1.807) is 19.2 Å². The van der Waals surface area contributed by atoms with Gasteiger partial charge in [-0.25, -0.2) is 9.78 Å². The van der Waals surface area contributed by atoms with Gasteiger partial charge in [0.2, 0.25) is 0 Å². The lowest BCUT2D eigenvalue weighted by atomic mass is 10.1. The first-order valence-electron chi connectivity index (χ1n) is 11.4. The molecule has 6 heteroatoms. The summed E-state index contributed by atoms with van der Waals surface area (Å²) in [6, 6.07) is 24.6. The van der Waals surface area contributed by atoms with E-state index in [0.717, 1.165) is 12.8 Å². The predicted molar refractivity (Wildman–Crippen MR) is 132 cm³/mol. The maximum Gasteiger partial charge on any atom is 0.339 e. The van der Waals surface area contributed by atoms with E-state index in [2.05, 4.69) is 27.4 Å². The van der Waals surface area contributed by atoms with Crippen LogP contribution in [0.15, 0.2) is 85.1 Å². The number of nitrogens with zero attached hydrogens (tertiary/aromatic N) is 2. The summed E-state index contributed by atoms with van der Waals surface area (Å²) in [7, 11) is 0. The van der Waals surface area contributed by atoms with Crippen LogP contribution in [-0.4, -0.2) is 34.0 Å². The number of aryl methyl sites for hydroxylation is 1. The number of carbonyl (C=O) groups is 2. The normalized spacial score (nSPS) is 12.6. The standard InChI is InChI=1S/C28H27N3O3/c1-19(15-16-21-10-4-3-5-11-21)30-27(32)20(2)34-28(33)23-18-26(25-14-8-9-17-29-25)31-24-13-7-6-12-22(23)24/h3-14,17-20H,15-16H2,1-2H3,(H,30,32). The average Bonchev–Trinajstić information content (AvgIpc) is 2.87. The first-order valence-corrected chi connectivity index (χ1v) is 11.4. The number of hydrogen-bond donors (Lipinski definition) is 1. The van der Waals surface area contributed by atoms with Gasteiger partial charge in [0, 0.05) is 17.6 Å². The van der Waals surface area contributed by atoms with Crippen molar-refractivity contribution in [1.29, 1.82) is 0 Å². The van der Waals surface area contributed by atoms with Crippen molar-refractivity contribution in [2.45, 2.75) is 38.8 Å². The molecular formula is C28H27N3O3. The van der Waals surface area contributed by atoms with Gasteiger partial charge in [-0.1, -0.05) is 54.6 Å². The molecule has 2 heterocycles. The van der Waals surface area contributed by atoms with E-state index in [9.17, 15) is 9.59 Å². The van der Waals surface area contributed by atoms with Gasteiger partial charge in [0.05, 0.1) is 22.5 Å². The second-order valence-corrected chi connectivity index (χ2v) is 8.27. The first kappa shape index (κ1) is 23.1. The van der Waals surface area contributed by atoms with Crippen molar-refractivity contribution in [3.63, 3.8) is 0 Å². The fourth-order valence-electron chi connectivity index (χ4n) is 3.73. The van der Waals surface area contributed by atoms with Crippen molar-refractivity contribution in [2.75, 3.05) is 0 Å². The van der Waals surface area contributed by atoms with E-state index in [-0.39, 0.29) is 11.9 Å². The summed E-state index contributed by atoms with van der Waals surface area (Å²) in [4.78, 5) is 34.8. The zero-order chi connectivity index (χ0) is 23.9. The van der Waals surface area contributed by atoms with E-state index in [0.29, 0.717) is 27.9 Å². The van der Waals surface area contributed by atoms with Gasteiger partial charge in [0.1, 0.15) is 0 Å². The van der Waals surface area contributed by atoms with Crippen molar-refractivity contribution in [3.05, 3.63) is 96.2 Å². The van der Waals surface area contributed by atoms with Gasteiger partial charge in [-0.3, -0.25) is 9.78 Å². The van der Waals surface area contributed by atoms with Crippen LogP contribution >= 0.6 is 0 Å². The molecule has 0 aliphatic rings. The Balaban J connectivity index is 1.45. The van der Waals surface area contributed by atoms with Crippen molar-refractivity contribution in [2.24, 2.45) is 0 Å². The molecule has 0 fully saturated rings. The minimum atomic E-state index is -0.933. The number of hydrogen-bond acceptors (Lipinski definition) is 5. The third-order valence-electron chi connectivity index (χ3n) is 5.61. The van der Waals surface area contributed by atoms with E-state index < -0.39 is 12.1 Å². The molecule has 0 aliphatic heterocycles. The molecule has 1 N–H and O–H groups in total. The molecule has 2 aromatic heterocycles. The monoisotopic (exact) mass is 453 g/mol. The van der Waals surface area contributed by atoms with E-state index in [4.69, 9.17) is 4.74 Å². The molecule has 2 unspecified atom stereocenters. The number of benzene rings is 2. The number of esters is 1. The lowest BCUT2D eigenvalue weighted by Crippen LogP contribution is -2.41. The number of amides is 1. The minimum Gasteiger partial charge on any atom is -0.449 e. The molecule has 0 radical (unpaired) electrons. The Labute approximate surface area is 199 Å². The van der Waals surface area contributed by atoms with Crippen LogP contribution < -0.4 is 5.32 Å². The predicted octanol–water partition coefficient (Wildman–Crippen LogP) is 4.98. The number of pyridine rings is 2. The number of para-hydroxylation sites is 1. The van der Waals surface area contributed by atoms with Crippen LogP contribution in [0.25, 0.3) is 22.3 Å². The Kier molecular flexibility index (Phi) is 7.28. The smallest absolute Gasteiger partial charge is 0.339 e. The summed E-state index contributed by atoms with van der Waals surface area (Å²) in [6.07, 6.45) is 2.39. The highest BCUT2D eigenvalue weighted by atomic mass is 16.5. The van der Waals surface area contributed by atoms with Crippen molar-refractivity contribution in [3.8, 4) is 11.4 Å². The molecule has 0 saturated heterocycles. The second-order valence-electron chi connectivity index (χ2n) is 8.27. The number of nitrogens with one attached hydrogen (secondary N) is 1. The summed E-state index contributed by atoms with van der Waals surface area (Å²) in [5.74, 6) is -0.896. The summed E-state index contributed by atoms with van der Waals surface area (Å²) in [5.41, 5.74) is 3.45. The second kappa shape index (κ2) is 10.7. The molecule has 172 valence electrons. The largest absolute Gasteiger partial charge is 0.449 e. The molecule has 34 heavy (non-hydrogen) atoms. The summed E-state index contributed by atoms with van der Waals surface area (Å²) < 4.78 is 5.56. The first-order chi connectivity index (χ1) is 16.5. The molecule has 1 amide bonds. The highest BCUT2D eigenvalue weighted by Gasteiger charge is 2.22. The highest BCUT2D eigenvalue weighted by molar-refractivity contribution is 6.05. The number of ether oxygens (including phenoxy) is 1. The zero-order valence-electron chi connectivity index (χ0n) is 19.3. The topological polar surface area (TPSA) is 81.2 Å². The van der Waals surface area contributed by atoms with Crippen LogP contribution in [-0.2, 0) is 16.0 Å². The fourth-order valence-corrected chi connectivity index (χ4v) is 3.73. The minimum absolute atomic E-state index is 0.0497. The van der Waals surface area contributed by atoms with E-state index >= 15 is 0 Å². The maximum absolute atomic E-state index is 13.1. The highest BCUT2D eigenvalue weighted by Crippen LogP contribution is 2.24. The Morgan fingerprint density at radius 3 is 2.41 bits per heavy atom. The molecular weight excluding hydrogens is 426 g/mol. The van der Waals surface area contributed by atoms with Crippen LogP contribution in [0.1, 0.15) is 36.2 Å². The summed E-state index contributed by atoms with van der Waals surface area (Å²) in [5, 5.41) is 3.61. The molecule has 2 aromatic carbocycles. The van der Waals surface area contributed by atoms with Gasteiger partial charge in [-0.15, -0.1) is 0 Å². The number of aromatic nitrogens is 2. The van der Waals surface area contributed by atoms with Crippen LogP contribution in [0.3, 0.4) is 0 Å². The zero-order valence-corrected chi connectivity index (χ0v) is 19.3. The molecule has 0 aliphatic carbocycles. The maximum atomic E-state index is 13.1. The SMILES string of the molecule is CC(CCc1ccccc1)NC(=O)C(C)OC(=O)c1cc(-c2ccccn2)nc2ccccc12.